The van der Waals surface area contributed by atoms with Crippen LogP contribution in [0.1, 0.15) is 11.1 Å². The van der Waals surface area contributed by atoms with Crippen molar-refractivity contribution in [1.82, 2.24) is 4.90 Å². The predicted molar refractivity (Wildman–Crippen MR) is 109 cm³/mol. The van der Waals surface area contributed by atoms with Crippen LogP contribution in [0.25, 0.3) is 6.08 Å². The molecule has 0 radical (unpaired) electrons. The number of non-ortho nitro benzene ring substituents is 1. The van der Waals surface area contributed by atoms with Gasteiger partial charge in [0.2, 0.25) is 0 Å². The Morgan fingerprint density at radius 1 is 1.19 bits per heavy atom. The number of hydrogen-bond acceptors (Lipinski definition) is 5. The molecule has 1 saturated heterocycles. The lowest BCUT2D eigenvalue weighted by Crippen LogP contribution is -2.26. The van der Waals surface area contributed by atoms with Crippen LogP contribution in [0.4, 0.5) is 10.5 Å². The summed E-state index contributed by atoms with van der Waals surface area (Å²) in [5, 5.41) is 11.5. The highest BCUT2D eigenvalue weighted by Crippen LogP contribution is 2.35. The molecule has 9 heteroatoms. The summed E-state index contributed by atoms with van der Waals surface area (Å²) < 4.78 is 0. The Morgan fingerprint density at radius 2 is 1.88 bits per heavy atom. The molecule has 1 amide bonds. The van der Waals surface area contributed by atoms with Gasteiger partial charge in [-0.2, -0.15) is 0 Å². The number of hydrogen-bond donors (Lipinski definition) is 0. The summed E-state index contributed by atoms with van der Waals surface area (Å²) in [6.07, 6.45) is 1.75. The third-order valence-electron chi connectivity index (χ3n) is 3.61. The Balaban J connectivity index is 1.80. The van der Waals surface area contributed by atoms with E-state index in [0.29, 0.717) is 25.5 Å². The molecular formula is C17H10Cl2N2O3S2. The fraction of sp³-hybridized carbons (Fsp3) is 0.0588. The lowest BCUT2D eigenvalue weighted by molar-refractivity contribution is -0.384. The monoisotopic (exact) mass is 424 g/mol. The van der Waals surface area contributed by atoms with Gasteiger partial charge in [-0.25, -0.2) is 0 Å². The zero-order valence-corrected chi connectivity index (χ0v) is 16.2. The molecule has 3 rings (SSSR count). The van der Waals surface area contributed by atoms with Crippen LogP contribution >= 0.6 is 47.2 Å². The largest absolute Gasteiger partial charge is 0.291 e. The van der Waals surface area contributed by atoms with E-state index in [1.807, 2.05) is 0 Å². The first kappa shape index (κ1) is 18.8. The van der Waals surface area contributed by atoms with E-state index in [9.17, 15) is 14.9 Å². The molecular weight excluding hydrogens is 415 g/mol. The molecule has 0 atom stereocenters. The number of nitro groups is 1. The van der Waals surface area contributed by atoms with Crippen LogP contribution in [0.5, 0.6) is 0 Å². The molecule has 0 bridgehead atoms. The first-order chi connectivity index (χ1) is 12.3. The number of nitrogens with zero attached hydrogens (tertiary/aromatic N) is 2. The molecule has 1 aliphatic rings. The van der Waals surface area contributed by atoms with Gasteiger partial charge in [0, 0.05) is 22.2 Å². The van der Waals surface area contributed by atoms with Crippen molar-refractivity contribution >= 4 is 69.2 Å². The van der Waals surface area contributed by atoms with Gasteiger partial charge in [-0.15, -0.1) is 0 Å². The van der Waals surface area contributed by atoms with Crippen molar-refractivity contribution in [1.29, 1.82) is 0 Å². The number of carbonyl (C=O) groups is 1. The molecule has 0 unspecified atom stereocenters. The molecule has 0 saturated carbocycles. The Hall–Kier alpha value is -1.93. The summed E-state index contributed by atoms with van der Waals surface area (Å²) in [7, 11) is 0. The van der Waals surface area contributed by atoms with Crippen molar-refractivity contribution < 1.29 is 9.72 Å². The first-order valence-electron chi connectivity index (χ1n) is 7.29. The molecule has 0 aliphatic carbocycles. The lowest BCUT2D eigenvalue weighted by atomic mass is 10.2. The topological polar surface area (TPSA) is 63.5 Å². The number of nitro benzene ring substituents is 1. The SMILES string of the molecule is O=C1S/C(=C\c2ccc(Cl)cc2Cl)C(=S)N1Cc1ccc([N+](=O)[O-])cc1. The molecule has 0 spiro atoms. The number of rotatable bonds is 4. The molecule has 2 aromatic rings. The molecule has 1 aliphatic heterocycles. The van der Waals surface area contributed by atoms with Crippen LogP contribution in [0.15, 0.2) is 47.4 Å². The van der Waals surface area contributed by atoms with E-state index in [1.165, 1.54) is 17.0 Å². The van der Waals surface area contributed by atoms with Crippen molar-refractivity contribution in [2.24, 2.45) is 0 Å². The summed E-state index contributed by atoms with van der Waals surface area (Å²) in [6, 6.07) is 11.1. The van der Waals surface area contributed by atoms with Crippen molar-refractivity contribution in [3.63, 3.8) is 0 Å². The third-order valence-corrected chi connectivity index (χ3v) is 5.67. The van der Waals surface area contributed by atoms with Crippen LogP contribution in [0, 0.1) is 10.1 Å². The van der Waals surface area contributed by atoms with Crippen LogP contribution < -0.4 is 0 Å². The van der Waals surface area contributed by atoms with E-state index in [1.54, 1.807) is 36.4 Å². The number of thioether (sulfide) groups is 1. The Labute approximate surface area is 168 Å². The van der Waals surface area contributed by atoms with Crippen LogP contribution in [0.2, 0.25) is 10.0 Å². The second kappa shape index (κ2) is 7.75. The minimum Gasteiger partial charge on any atom is -0.288 e. The lowest BCUT2D eigenvalue weighted by Gasteiger charge is -2.14. The second-order valence-corrected chi connectivity index (χ2v) is 7.58. The number of carbonyl (C=O) groups excluding carboxylic acids is 1. The fourth-order valence-corrected chi connectivity index (χ4v) is 3.99. The minimum atomic E-state index is -0.470. The van der Waals surface area contributed by atoms with E-state index < -0.39 is 4.92 Å². The predicted octanol–water partition coefficient (Wildman–Crippen LogP) is 5.94. The highest BCUT2D eigenvalue weighted by Gasteiger charge is 2.31. The van der Waals surface area contributed by atoms with E-state index in [0.717, 1.165) is 17.3 Å². The number of amides is 1. The third kappa shape index (κ3) is 4.07. The second-order valence-electron chi connectivity index (χ2n) is 5.36. The van der Waals surface area contributed by atoms with Gasteiger partial charge in [0.05, 0.1) is 16.4 Å². The number of thiocarbonyl (C=S) groups is 1. The Kier molecular flexibility index (Phi) is 5.62. The summed E-state index contributed by atoms with van der Waals surface area (Å²) in [6.45, 7) is 0.244. The van der Waals surface area contributed by atoms with Crippen molar-refractivity contribution in [3.8, 4) is 0 Å². The van der Waals surface area contributed by atoms with Crippen LogP contribution in [0.3, 0.4) is 0 Å². The van der Waals surface area contributed by atoms with Crippen LogP contribution in [-0.2, 0) is 6.54 Å². The number of halogens is 2. The molecule has 1 heterocycles. The van der Waals surface area contributed by atoms with E-state index >= 15 is 0 Å². The summed E-state index contributed by atoms with van der Waals surface area (Å²) in [5.41, 5.74) is 1.46. The van der Waals surface area contributed by atoms with Crippen molar-refractivity contribution in [2.75, 3.05) is 0 Å². The molecule has 5 nitrogen and oxygen atoms in total. The molecule has 26 heavy (non-hydrogen) atoms. The van der Waals surface area contributed by atoms with Gasteiger partial charge in [0.25, 0.3) is 10.9 Å². The normalized spacial score (nSPS) is 15.8. The zero-order chi connectivity index (χ0) is 18.8. The summed E-state index contributed by atoms with van der Waals surface area (Å²) in [4.78, 5) is 25.0. The zero-order valence-electron chi connectivity index (χ0n) is 13.0. The summed E-state index contributed by atoms with van der Waals surface area (Å²) in [5.74, 6) is 0. The quantitative estimate of drug-likeness (QED) is 0.263. The fourth-order valence-electron chi connectivity index (χ4n) is 2.30. The van der Waals surface area contributed by atoms with E-state index in [4.69, 9.17) is 35.4 Å². The van der Waals surface area contributed by atoms with Gasteiger partial charge in [0.1, 0.15) is 4.99 Å². The molecule has 1 fully saturated rings. The summed E-state index contributed by atoms with van der Waals surface area (Å²) >= 11 is 18.5. The van der Waals surface area contributed by atoms with Gasteiger partial charge >= 0.3 is 0 Å². The van der Waals surface area contributed by atoms with Gasteiger partial charge in [-0.1, -0.05) is 53.6 Å². The van der Waals surface area contributed by atoms with E-state index in [-0.39, 0.29) is 17.5 Å². The Morgan fingerprint density at radius 3 is 2.50 bits per heavy atom. The molecule has 0 aromatic heterocycles. The van der Waals surface area contributed by atoms with Crippen molar-refractivity contribution in [3.05, 3.63) is 78.7 Å². The highest BCUT2D eigenvalue weighted by molar-refractivity contribution is 8.19. The van der Waals surface area contributed by atoms with Gasteiger partial charge in [0.15, 0.2) is 0 Å². The van der Waals surface area contributed by atoms with Crippen LogP contribution in [-0.4, -0.2) is 20.1 Å². The molecule has 0 N–H and O–H groups in total. The van der Waals surface area contributed by atoms with Gasteiger partial charge in [-0.05, 0) is 41.1 Å². The molecule has 132 valence electrons. The maximum absolute atomic E-state index is 12.3. The minimum absolute atomic E-state index is 0.00332. The highest BCUT2D eigenvalue weighted by atomic mass is 35.5. The standard InChI is InChI=1S/C17H10Cl2N2O3S2/c18-12-4-3-11(14(19)8-12)7-15-16(25)20(17(22)26-15)9-10-1-5-13(6-2-10)21(23)24/h1-8H,9H2/b15-7-. The number of benzene rings is 2. The average Bonchev–Trinajstić information content (AvgIpc) is 2.85. The van der Waals surface area contributed by atoms with Gasteiger partial charge < -0.3 is 0 Å². The van der Waals surface area contributed by atoms with Gasteiger partial charge in [-0.3, -0.25) is 19.8 Å². The first-order valence-corrected chi connectivity index (χ1v) is 9.27. The van der Waals surface area contributed by atoms with Crippen molar-refractivity contribution in [2.45, 2.75) is 6.54 Å². The average molecular weight is 425 g/mol. The maximum atomic E-state index is 12.3. The maximum Gasteiger partial charge on any atom is 0.291 e. The Bertz CT molecular complexity index is 946. The smallest absolute Gasteiger partial charge is 0.288 e. The molecule has 2 aromatic carbocycles. The van der Waals surface area contributed by atoms with E-state index in [2.05, 4.69) is 0 Å².